The van der Waals surface area contributed by atoms with Gasteiger partial charge in [-0.3, -0.25) is 0 Å². The van der Waals surface area contributed by atoms with Gasteiger partial charge in [0.25, 0.3) is 0 Å². The summed E-state index contributed by atoms with van der Waals surface area (Å²) in [6, 6.07) is 7.35. The van der Waals surface area contributed by atoms with E-state index in [1.165, 1.54) is 0 Å². The first kappa shape index (κ1) is 11.2. The van der Waals surface area contributed by atoms with Crippen molar-refractivity contribution in [3.8, 4) is 0 Å². The van der Waals surface area contributed by atoms with Crippen LogP contribution in [0.1, 0.15) is 18.6 Å². The summed E-state index contributed by atoms with van der Waals surface area (Å²) >= 11 is 3.30. The summed E-state index contributed by atoms with van der Waals surface area (Å²) in [6.07, 6.45) is -0.421. The number of alkyl halides is 1. The van der Waals surface area contributed by atoms with Gasteiger partial charge in [0.2, 0.25) is 0 Å². The fourth-order valence-corrected chi connectivity index (χ4v) is 1.47. The van der Waals surface area contributed by atoms with Crippen LogP contribution in [0.5, 0.6) is 0 Å². The average Bonchev–Trinajstić information content (AvgIpc) is 2.17. The van der Waals surface area contributed by atoms with Crippen molar-refractivity contribution in [2.45, 2.75) is 13.0 Å². The van der Waals surface area contributed by atoms with Crippen LogP contribution in [0.3, 0.4) is 0 Å². The molecule has 1 rings (SSSR count). The van der Waals surface area contributed by atoms with Gasteiger partial charge < -0.3 is 4.74 Å². The predicted molar refractivity (Wildman–Crippen MR) is 54.6 cm³/mol. The number of carbonyl (C=O) groups is 1. The van der Waals surface area contributed by atoms with E-state index >= 15 is 0 Å². The topological polar surface area (TPSA) is 26.3 Å². The Bertz CT molecular complexity index is 328. The normalized spacial score (nSPS) is 12.2. The number of ether oxygens (including phenoxy) is 1. The van der Waals surface area contributed by atoms with Gasteiger partial charge >= 0.3 is 5.97 Å². The molecule has 0 radical (unpaired) electrons. The van der Waals surface area contributed by atoms with E-state index in [0.29, 0.717) is 0 Å². The number of hydrogen-bond acceptors (Lipinski definition) is 2. The molecule has 0 aliphatic carbocycles. The lowest BCUT2D eigenvalue weighted by molar-refractivity contribution is -0.149. The Balaban J connectivity index is 2.69. The zero-order chi connectivity index (χ0) is 10.6. The molecule has 0 aliphatic heterocycles. The van der Waals surface area contributed by atoms with E-state index in [4.69, 9.17) is 4.74 Å². The van der Waals surface area contributed by atoms with E-state index in [9.17, 15) is 9.18 Å². The number of halogens is 2. The second kappa shape index (κ2) is 5.10. The molecule has 14 heavy (non-hydrogen) atoms. The molecule has 1 unspecified atom stereocenters. The van der Waals surface area contributed by atoms with Crippen molar-refractivity contribution in [2.75, 3.05) is 6.67 Å². The van der Waals surface area contributed by atoms with E-state index < -0.39 is 18.7 Å². The minimum atomic E-state index is -1.08. The quantitative estimate of drug-likeness (QED) is 0.782. The van der Waals surface area contributed by atoms with E-state index in [2.05, 4.69) is 15.9 Å². The molecule has 0 aromatic heterocycles. The average molecular weight is 261 g/mol. The van der Waals surface area contributed by atoms with Crippen LogP contribution in [-0.4, -0.2) is 12.6 Å². The molecule has 1 atom stereocenters. The van der Waals surface area contributed by atoms with E-state index in [-0.39, 0.29) is 0 Å². The molecule has 1 aromatic rings. The highest BCUT2D eigenvalue weighted by Crippen LogP contribution is 2.20. The molecule has 2 nitrogen and oxygen atoms in total. The number of esters is 1. The van der Waals surface area contributed by atoms with E-state index in [1.54, 1.807) is 6.92 Å². The molecule has 76 valence electrons. The SMILES string of the molecule is CC(OC(=O)CF)c1cccc(Br)c1. The van der Waals surface area contributed by atoms with Gasteiger partial charge in [-0.2, -0.15) is 0 Å². The Morgan fingerprint density at radius 1 is 1.64 bits per heavy atom. The lowest BCUT2D eigenvalue weighted by atomic mass is 10.1. The largest absolute Gasteiger partial charge is 0.456 e. The Kier molecular flexibility index (Phi) is 4.07. The van der Waals surface area contributed by atoms with Crippen LogP contribution >= 0.6 is 15.9 Å². The molecular formula is C10H10BrFO2. The lowest BCUT2D eigenvalue weighted by Gasteiger charge is -2.12. The van der Waals surface area contributed by atoms with Gasteiger partial charge in [0.15, 0.2) is 6.67 Å². The molecule has 0 amide bonds. The highest BCUT2D eigenvalue weighted by atomic mass is 79.9. The van der Waals surface area contributed by atoms with Crippen molar-refractivity contribution in [3.63, 3.8) is 0 Å². The van der Waals surface area contributed by atoms with Crippen molar-refractivity contribution in [2.24, 2.45) is 0 Å². The van der Waals surface area contributed by atoms with Crippen LogP contribution in [0.25, 0.3) is 0 Å². The Labute approximate surface area is 90.2 Å². The van der Waals surface area contributed by atoms with Crippen molar-refractivity contribution in [1.82, 2.24) is 0 Å². The number of benzene rings is 1. The fourth-order valence-electron chi connectivity index (χ4n) is 1.06. The Morgan fingerprint density at radius 3 is 2.93 bits per heavy atom. The van der Waals surface area contributed by atoms with E-state index in [0.717, 1.165) is 10.0 Å². The van der Waals surface area contributed by atoms with Crippen LogP contribution in [0.15, 0.2) is 28.7 Å². The van der Waals surface area contributed by atoms with Crippen LogP contribution in [0.2, 0.25) is 0 Å². The van der Waals surface area contributed by atoms with Crippen LogP contribution in [-0.2, 0) is 9.53 Å². The molecule has 1 aromatic carbocycles. The minimum absolute atomic E-state index is 0.421. The Morgan fingerprint density at radius 2 is 2.36 bits per heavy atom. The molecule has 0 heterocycles. The van der Waals surface area contributed by atoms with Gasteiger partial charge in [-0.1, -0.05) is 28.1 Å². The third-order valence-corrected chi connectivity index (χ3v) is 2.23. The highest BCUT2D eigenvalue weighted by Gasteiger charge is 2.10. The highest BCUT2D eigenvalue weighted by molar-refractivity contribution is 9.10. The summed E-state index contributed by atoms with van der Waals surface area (Å²) in [7, 11) is 0. The first-order chi connectivity index (χ1) is 6.63. The van der Waals surface area contributed by atoms with Gasteiger partial charge in [0.1, 0.15) is 6.10 Å². The maximum Gasteiger partial charge on any atom is 0.338 e. The zero-order valence-corrected chi connectivity index (χ0v) is 9.25. The molecule has 0 fully saturated rings. The smallest absolute Gasteiger partial charge is 0.338 e. The molecule has 0 saturated carbocycles. The number of hydrogen-bond donors (Lipinski definition) is 0. The molecule has 0 saturated heterocycles. The maximum atomic E-state index is 11.9. The first-order valence-electron chi connectivity index (χ1n) is 4.14. The van der Waals surface area contributed by atoms with Crippen LogP contribution in [0, 0.1) is 0 Å². The second-order valence-electron chi connectivity index (χ2n) is 2.82. The van der Waals surface area contributed by atoms with Gasteiger partial charge in [-0.15, -0.1) is 0 Å². The van der Waals surface area contributed by atoms with Crippen molar-refractivity contribution < 1.29 is 13.9 Å². The van der Waals surface area contributed by atoms with Crippen LogP contribution in [0.4, 0.5) is 4.39 Å². The van der Waals surface area contributed by atoms with Crippen molar-refractivity contribution in [1.29, 1.82) is 0 Å². The van der Waals surface area contributed by atoms with E-state index in [1.807, 2.05) is 24.3 Å². The third-order valence-electron chi connectivity index (χ3n) is 1.74. The maximum absolute atomic E-state index is 11.9. The fraction of sp³-hybridized carbons (Fsp3) is 0.300. The van der Waals surface area contributed by atoms with Gasteiger partial charge in [0.05, 0.1) is 0 Å². The standard InChI is InChI=1S/C10H10BrFO2/c1-7(14-10(13)6-12)8-3-2-4-9(11)5-8/h2-5,7H,6H2,1H3. The summed E-state index contributed by atoms with van der Waals surface area (Å²) < 4.78 is 17.6. The van der Waals surface area contributed by atoms with Crippen molar-refractivity contribution >= 4 is 21.9 Å². The molecule has 0 spiro atoms. The molecule has 0 bridgehead atoms. The third kappa shape index (κ3) is 3.10. The minimum Gasteiger partial charge on any atom is -0.456 e. The molecule has 0 aliphatic rings. The summed E-state index contributed by atoms with van der Waals surface area (Å²) in [6.45, 7) is 0.619. The Hall–Kier alpha value is -0.900. The summed E-state index contributed by atoms with van der Waals surface area (Å²) in [5, 5.41) is 0. The van der Waals surface area contributed by atoms with Crippen LogP contribution < -0.4 is 0 Å². The number of rotatable bonds is 3. The second-order valence-corrected chi connectivity index (χ2v) is 3.74. The van der Waals surface area contributed by atoms with Gasteiger partial charge in [-0.25, -0.2) is 9.18 Å². The monoisotopic (exact) mass is 260 g/mol. The molecule has 4 heteroatoms. The predicted octanol–water partition coefficient (Wildman–Crippen LogP) is 3.02. The first-order valence-corrected chi connectivity index (χ1v) is 4.93. The zero-order valence-electron chi connectivity index (χ0n) is 7.67. The van der Waals surface area contributed by atoms with Crippen molar-refractivity contribution in [3.05, 3.63) is 34.3 Å². The summed E-state index contributed by atoms with van der Waals surface area (Å²) in [5.74, 6) is -0.836. The number of carbonyl (C=O) groups excluding carboxylic acids is 1. The van der Waals surface area contributed by atoms with Gasteiger partial charge in [-0.05, 0) is 24.6 Å². The summed E-state index contributed by atoms with van der Waals surface area (Å²) in [5.41, 5.74) is 0.834. The molecular weight excluding hydrogens is 251 g/mol. The lowest BCUT2D eigenvalue weighted by Crippen LogP contribution is -2.10. The van der Waals surface area contributed by atoms with Gasteiger partial charge in [0, 0.05) is 4.47 Å². The summed E-state index contributed by atoms with van der Waals surface area (Å²) in [4.78, 5) is 10.7. The molecule has 0 N–H and O–H groups in total.